The lowest BCUT2D eigenvalue weighted by Gasteiger charge is -2.35. The van der Waals surface area contributed by atoms with Gasteiger partial charge in [0, 0.05) is 12.1 Å². The Kier molecular flexibility index (Phi) is 3.40. The zero-order valence-corrected chi connectivity index (χ0v) is 7.22. The fourth-order valence-electron chi connectivity index (χ4n) is 1.55. The summed E-state index contributed by atoms with van der Waals surface area (Å²) in [6.45, 7) is 2.11. The Morgan fingerprint density at radius 3 is 2.64 bits per heavy atom. The van der Waals surface area contributed by atoms with Crippen molar-refractivity contribution in [2.75, 3.05) is 6.44 Å². The quantitative estimate of drug-likeness (QED) is 0.565. The molecule has 1 fully saturated rings. The van der Waals surface area contributed by atoms with Crippen LogP contribution in [-0.2, 0) is 0 Å². The lowest BCUT2D eigenvalue weighted by atomic mass is 9.77. The summed E-state index contributed by atoms with van der Waals surface area (Å²) in [5, 5.41) is 3.15. The molecule has 1 rings (SSSR count). The average Bonchev–Trinajstić information content (AvgIpc) is 1.84. The van der Waals surface area contributed by atoms with Crippen molar-refractivity contribution in [2.45, 2.75) is 38.3 Å². The molecule has 0 saturated heterocycles. The van der Waals surface area contributed by atoms with Crippen LogP contribution in [0.5, 0.6) is 0 Å². The monoisotopic (exact) mass is 152 g/mol. The van der Waals surface area contributed by atoms with Crippen LogP contribution in [0, 0.1) is 5.92 Å². The highest BCUT2D eigenvalue weighted by atomic mass is 14.9. The van der Waals surface area contributed by atoms with Gasteiger partial charge in [0.15, 0.2) is 0 Å². The van der Waals surface area contributed by atoms with Crippen molar-refractivity contribution in [2.24, 2.45) is 11.7 Å². The Labute approximate surface area is 70.3 Å². The zero-order valence-electron chi connectivity index (χ0n) is 7.22. The van der Waals surface area contributed by atoms with E-state index in [0.29, 0.717) is 18.5 Å². The predicted octanol–water partition coefficient (Wildman–Crippen LogP) is 0.218. The van der Waals surface area contributed by atoms with E-state index < -0.39 is 0 Å². The van der Waals surface area contributed by atoms with Crippen molar-refractivity contribution in [1.29, 1.82) is 0 Å². The predicted molar refractivity (Wildman–Crippen MR) is 48.5 cm³/mol. The van der Waals surface area contributed by atoms with Crippen molar-refractivity contribution in [3.8, 4) is 0 Å². The molecular formula is C8H17BN2. The van der Waals surface area contributed by atoms with Crippen molar-refractivity contribution in [3.05, 3.63) is 0 Å². The van der Waals surface area contributed by atoms with Crippen molar-refractivity contribution >= 4 is 7.85 Å². The third kappa shape index (κ3) is 2.21. The molecule has 0 aromatic rings. The molecule has 0 unspecified atom stereocenters. The first kappa shape index (κ1) is 9.08. The van der Waals surface area contributed by atoms with E-state index in [-0.39, 0.29) is 0 Å². The Morgan fingerprint density at radius 2 is 2.27 bits per heavy atom. The molecule has 1 saturated carbocycles. The van der Waals surface area contributed by atoms with E-state index >= 15 is 0 Å². The number of hydrogen-bond acceptors (Lipinski definition) is 2. The van der Waals surface area contributed by atoms with Crippen molar-refractivity contribution < 1.29 is 0 Å². The van der Waals surface area contributed by atoms with Gasteiger partial charge in [-0.05, 0) is 32.1 Å². The molecule has 0 aromatic carbocycles. The minimum atomic E-state index is 0.298. The first-order valence-corrected chi connectivity index (χ1v) is 4.44. The van der Waals surface area contributed by atoms with E-state index in [9.17, 15) is 0 Å². The number of nitrogens with two attached hydrogens (primary N) is 1. The van der Waals surface area contributed by atoms with Crippen LogP contribution >= 0.6 is 0 Å². The van der Waals surface area contributed by atoms with Gasteiger partial charge < -0.3 is 11.1 Å². The summed E-state index contributed by atoms with van der Waals surface area (Å²) in [5.41, 5.74) is 5.99. The third-order valence-corrected chi connectivity index (χ3v) is 2.71. The Hall–Kier alpha value is -0.0151. The highest BCUT2D eigenvalue weighted by molar-refractivity contribution is 6.08. The molecule has 0 heterocycles. The van der Waals surface area contributed by atoms with E-state index in [1.54, 1.807) is 0 Å². The zero-order chi connectivity index (χ0) is 8.27. The number of nitrogens with one attached hydrogen (secondary N) is 1. The molecular weight excluding hydrogens is 135 g/mol. The molecule has 1 aliphatic rings. The topological polar surface area (TPSA) is 38.0 Å². The van der Waals surface area contributed by atoms with Crippen LogP contribution in [-0.4, -0.2) is 26.4 Å². The van der Waals surface area contributed by atoms with Crippen LogP contribution in [0.2, 0.25) is 0 Å². The minimum Gasteiger partial charge on any atom is -0.326 e. The summed E-state index contributed by atoms with van der Waals surface area (Å²) < 4.78 is 0. The fourth-order valence-corrected chi connectivity index (χ4v) is 1.55. The summed E-state index contributed by atoms with van der Waals surface area (Å²) in [7, 11) is 5.36. The maximum atomic E-state index is 5.99. The summed E-state index contributed by atoms with van der Waals surface area (Å²) >= 11 is 0. The SMILES string of the molecule is [B]CN[C@@H](C)[C@H](N)C1CCC1. The largest absolute Gasteiger partial charge is 0.326 e. The van der Waals surface area contributed by atoms with Gasteiger partial charge in [0.05, 0.1) is 7.85 Å². The van der Waals surface area contributed by atoms with Crippen LogP contribution < -0.4 is 11.1 Å². The van der Waals surface area contributed by atoms with Crippen LogP contribution in [0.3, 0.4) is 0 Å². The second kappa shape index (κ2) is 4.12. The summed E-state index contributed by atoms with van der Waals surface area (Å²) in [5.74, 6) is 0.740. The second-order valence-electron chi connectivity index (χ2n) is 3.47. The normalized spacial score (nSPS) is 24.2. The molecule has 0 amide bonds. The first-order valence-electron chi connectivity index (χ1n) is 4.44. The van der Waals surface area contributed by atoms with Crippen LogP contribution in [0.15, 0.2) is 0 Å². The average molecular weight is 152 g/mol. The molecule has 0 spiro atoms. The molecule has 11 heavy (non-hydrogen) atoms. The molecule has 62 valence electrons. The van der Waals surface area contributed by atoms with Crippen LogP contribution in [0.1, 0.15) is 26.2 Å². The van der Waals surface area contributed by atoms with Gasteiger partial charge >= 0.3 is 0 Å². The summed E-state index contributed by atoms with van der Waals surface area (Å²) in [4.78, 5) is 0. The molecule has 2 nitrogen and oxygen atoms in total. The van der Waals surface area contributed by atoms with Gasteiger partial charge in [-0.1, -0.05) is 6.42 Å². The molecule has 0 bridgehead atoms. The smallest absolute Gasteiger partial charge is 0.0859 e. The lowest BCUT2D eigenvalue weighted by molar-refractivity contribution is 0.230. The molecule has 3 N–H and O–H groups in total. The van der Waals surface area contributed by atoms with Gasteiger partial charge in [0.1, 0.15) is 0 Å². The third-order valence-electron chi connectivity index (χ3n) is 2.71. The lowest BCUT2D eigenvalue weighted by Crippen LogP contribution is -2.49. The van der Waals surface area contributed by atoms with Gasteiger partial charge in [-0.2, -0.15) is 0 Å². The summed E-state index contributed by atoms with van der Waals surface area (Å²) in [6, 6.07) is 0.664. The molecule has 0 aromatic heterocycles. The van der Waals surface area contributed by atoms with Gasteiger partial charge in [0.2, 0.25) is 0 Å². The minimum absolute atomic E-state index is 0.298. The maximum absolute atomic E-state index is 5.99. The maximum Gasteiger partial charge on any atom is 0.0859 e. The standard InChI is InChI=1S/C8H17BN2/c1-6(11-5-9)8(10)7-3-2-4-7/h6-8,11H,2-5,10H2,1H3/t6-,8-/m0/s1. The van der Waals surface area contributed by atoms with Gasteiger partial charge in [0.25, 0.3) is 0 Å². The molecule has 1 aliphatic carbocycles. The molecule has 0 aliphatic heterocycles. The molecule has 3 heteroatoms. The van der Waals surface area contributed by atoms with E-state index in [4.69, 9.17) is 13.6 Å². The van der Waals surface area contributed by atoms with E-state index in [1.165, 1.54) is 19.3 Å². The highest BCUT2D eigenvalue weighted by Gasteiger charge is 2.27. The Bertz CT molecular complexity index is 115. The van der Waals surface area contributed by atoms with E-state index in [2.05, 4.69) is 12.2 Å². The fraction of sp³-hybridized carbons (Fsp3) is 1.00. The Balaban J connectivity index is 2.21. The van der Waals surface area contributed by atoms with Crippen molar-refractivity contribution in [3.63, 3.8) is 0 Å². The van der Waals surface area contributed by atoms with Gasteiger partial charge in [-0.3, -0.25) is 0 Å². The van der Waals surface area contributed by atoms with Crippen molar-refractivity contribution in [1.82, 2.24) is 5.32 Å². The second-order valence-corrected chi connectivity index (χ2v) is 3.47. The summed E-state index contributed by atoms with van der Waals surface area (Å²) in [6.07, 6.45) is 4.49. The van der Waals surface area contributed by atoms with Crippen LogP contribution in [0.4, 0.5) is 0 Å². The molecule has 2 radical (unpaired) electrons. The number of hydrogen-bond donors (Lipinski definition) is 2. The van der Waals surface area contributed by atoms with E-state index in [0.717, 1.165) is 5.92 Å². The van der Waals surface area contributed by atoms with E-state index in [1.807, 2.05) is 0 Å². The van der Waals surface area contributed by atoms with Gasteiger partial charge in [-0.25, -0.2) is 0 Å². The first-order chi connectivity index (χ1) is 5.25. The Morgan fingerprint density at radius 1 is 1.64 bits per heavy atom. The highest BCUT2D eigenvalue weighted by Crippen LogP contribution is 2.29. The molecule has 2 atom stereocenters. The number of rotatable bonds is 4. The van der Waals surface area contributed by atoms with Gasteiger partial charge in [-0.15, -0.1) is 0 Å². The van der Waals surface area contributed by atoms with Crippen LogP contribution in [0.25, 0.3) is 0 Å².